The normalized spacial score (nSPS) is 10.4. The van der Waals surface area contributed by atoms with Gasteiger partial charge in [0.05, 0.1) is 9.82 Å². The van der Waals surface area contributed by atoms with Crippen LogP contribution in [0.5, 0.6) is 5.75 Å². The predicted molar refractivity (Wildman–Crippen MR) is 65.2 cm³/mol. The minimum Gasteiger partial charge on any atom is -0.508 e. The molecule has 0 amide bonds. The predicted octanol–water partition coefficient (Wildman–Crippen LogP) is 3.73. The molecule has 0 heterocycles. The second-order valence-electron chi connectivity index (χ2n) is 3.59. The van der Waals surface area contributed by atoms with Gasteiger partial charge in [-0.3, -0.25) is 10.1 Å². The smallest absolute Gasteiger partial charge is 0.318 e. The first-order chi connectivity index (χ1) is 8.97. The van der Waals surface area contributed by atoms with Crippen molar-refractivity contribution in [1.82, 2.24) is 0 Å². The van der Waals surface area contributed by atoms with E-state index in [0.717, 1.165) is 17.8 Å². The van der Waals surface area contributed by atoms with E-state index in [4.69, 9.17) is 5.11 Å². The number of rotatable bonds is 3. The fourth-order valence-corrected chi connectivity index (χ4v) is 2.40. The van der Waals surface area contributed by atoms with Gasteiger partial charge < -0.3 is 5.11 Å². The molecule has 98 valence electrons. The van der Waals surface area contributed by atoms with Crippen molar-refractivity contribution in [2.45, 2.75) is 9.79 Å². The molecule has 0 unspecified atom stereocenters. The molecule has 0 atom stereocenters. The number of phenols is 1. The Balaban J connectivity index is 2.44. The lowest BCUT2D eigenvalue weighted by Crippen LogP contribution is -1.96. The Hall–Kier alpha value is -2.15. The molecular weight excluding hydrogens is 276 g/mol. The van der Waals surface area contributed by atoms with Crippen molar-refractivity contribution in [3.8, 4) is 5.75 Å². The number of nitro groups is 1. The summed E-state index contributed by atoms with van der Waals surface area (Å²) in [4.78, 5) is 10.3. The Morgan fingerprint density at radius 1 is 1.16 bits per heavy atom. The Morgan fingerprint density at radius 3 is 2.37 bits per heavy atom. The van der Waals surface area contributed by atoms with Gasteiger partial charge in [0.2, 0.25) is 5.82 Å². The third-order valence-corrected chi connectivity index (χ3v) is 3.28. The Kier molecular flexibility index (Phi) is 3.66. The molecule has 2 aromatic rings. The van der Waals surface area contributed by atoms with Crippen LogP contribution in [0, 0.1) is 21.7 Å². The third-order valence-electron chi connectivity index (χ3n) is 2.24. The molecule has 2 aromatic carbocycles. The third kappa shape index (κ3) is 3.00. The van der Waals surface area contributed by atoms with Crippen LogP contribution in [0.3, 0.4) is 0 Å². The molecule has 0 aliphatic rings. The molecule has 0 aromatic heterocycles. The molecule has 0 saturated heterocycles. The molecule has 7 heteroatoms. The first-order valence-corrected chi connectivity index (χ1v) is 5.89. The average molecular weight is 283 g/mol. The largest absolute Gasteiger partial charge is 0.508 e. The SMILES string of the molecule is O=[N+]([O-])c1c(F)cc(F)cc1Sc1ccc(O)cc1. The number of phenolic OH excluding ortho intramolecular Hbond substituents is 1. The van der Waals surface area contributed by atoms with E-state index in [0.29, 0.717) is 11.0 Å². The van der Waals surface area contributed by atoms with Gasteiger partial charge in [0.1, 0.15) is 11.6 Å². The number of halogens is 2. The molecular formula is C12H7F2NO3S. The van der Waals surface area contributed by atoms with Gasteiger partial charge >= 0.3 is 5.69 Å². The molecule has 19 heavy (non-hydrogen) atoms. The minimum atomic E-state index is -1.22. The first-order valence-electron chi connectivity index (χ1n) is 5.07. The molecule has 0 fully saturated rings. The number of hydrogen-bond acceptors (Lipinski definition) is 4. The maximum Gasteiger partial charge on any atom is 0.318 e. The molecule has 0 radical (unpaired) electrons. The Morgan fingerprint density at radius 2 is 1.79 bits per heavy atom. The monoisotopic (exact) mass is 283 g/mol. The van der Waals surface area contributed by atoms with E-state index in [1.807, 2.05) is 0 Å². The van der Waals surface area contributed by atoms with Crippen LogP contribution in [0.4, 0.5) is 14.5 Å². The highest BCUT2D eigenvalue weighted by Gasteiger charge is 2.22. The van der Waals surface area contributed by atoms with E-state index in [1.54, 1.807) is 0 Å². The van der Waals surface area contributed by atoms with Crippen LogP contribution >= 0.6 is 11.8 Å². The first kappa shape index (κ1) is 13.3. The summed E-state index contributed by atoms with van der Waals surface area (Å²) in [7, 11) is 0. The van der Waals surface area contributed by atoms with Gasteiger partial charge in [-0.25, -0.2) is 4.39 Å². The van der Waals surface area contributed by atoms with Crippen LogP contribution in [0.25, 0.3) is 0 Å². The molecule has 4 nitrogen and oxygen atoms in total. The lowest BCUT2D eigenvalue weighted by molar-refractivity contribution is -0.390. The van der Waals surface area contributed by atoms with Crippen LogP contribution < -0.4 is 0 Å². The van der Waals surface area contributed by atoms with Crippen LogP contribution in [0.1, 0.15) is 0 Å². The van der Waals surface area contributed by atoms with Gasteiger partial charge in [-0.15, -0.1) is 0 Å². The van der Waals surface area contributed by atoms with Crippen LogP contribution in [-0.2, 0) is 0 Å². The van der Waals surface area contributed by atoms with Gasteiger partial charge in [-0.05, 0) is 30.3 Å². The van der Waals surface area contributed by atoms with Crippen molar-refractivity contribution in [3.05, 3.63) is 58.1 Å². The summed E-state index contributed by atoms with van der Waals surface area (Å²) in [6.45, 7) is 0. The summed E-state index contributed by atoms with van der Waals surface area (Å²) >= 11 is 0.847. The highest BCUT2D eigenvalue weighted by molar-refractivity contribution is 7.99. The summed E-state index contributed by atoms with van der Waals surface area (Å²) in [5.74, 6) is -2.07. The molecule has 0 saturated carbocycles. The van der Waals surface area contributed by atoms with Crippen molar-refractivity contribution in [1.29, 1.82) is 0 Å². The molecule has 0 aliphatic heterocycles. The van der Waals surface area contributed by atoms with Crippen molar-refractivity contribution >= 4 is 17.4 Å². The van der Waals surface area contributed by atoms with E-state index in [2.05, 4.69) is 0 Å². The number of nitrogens with zero attached hydrogens (tertiary/aromatic N) is 1. The van der Waals surface area contributed by atoms with E-state index in [9.17, 15) is 18.9 Å². The number of aromatic hydroxyl groups is 1. The highest BCUT2D eigenvalue weighted by atomic mass is 32.2. The van der Waals surface area contributed by atoms with Gasteiger partial charge in [0.25, 0.3) is 0 Å². The Labute approximate surface area is 110 Å². The zero-order valence-electron chi connectivity index (χ0n) is 9.34. The topological polar surface area (TPSA) is 63.4 Å². The lowest BCUT2D eigenvalue weighted by Gasteiger charge is -2.04. The average Bonchev–Trinajstić information content (AvgIpc) is 2.30. The number of hydrogen-bond donors (Lipinski definition) is 1. The fraction of sp³-hybridized carbons (Fsp3) is 0. The molecule has 0 spiro atoms. The summed E-state index contributed by atoms with van der Waals surface area (Å²) in [5, 5.41) is 19.9. The zero-order valence-corrected chi connectivity index (χ0v) is 10.2. The van der Waals surface area contributed by atoms with Crippen LogP contribution in [0.15, 0.2) is 46.2 Å². The second-order valence-corrected chi connectivity index (χ2v) is 4.70. The molecule has 0 bridgehead atoms. The van der Waals surface area contributed by atoms with Gasteiger partial charge in [0, 0.05) is 11.0 Å². The minimum absolute atomic E-state index is 0.0317. The van der Waals surface area contributed by atoms with E-state index in [-0.39, 0.29) is 10.6 Å². The molecule has 1 N–H and O–H groups in total. The van der Waals surface area contributed by atoms with Crippen molar-refractivity contribution < 1.29 is 18.8 Å². The Bertz CT molecular complexity index is 632. The quantitative estimate of drug-likeness (QED) is 0.688. The van der Waals surface area contributed by atoms with Gasteiger partial charge in [-0.1, -0.05) is 11.8 Å². The van der Waals surface area contributed by atoms with Gasteiger partial charge in [0.15, 0.2) is 0 Å². The maximum absolute atomic E-state index is 13.4. The summed E-state index contributed by atoms with van der Waals surface area (Å²) in [6, 6.07) is 7.12. The van der Waals surface area contributed by atoms with E-state index < -0.39 is 22.2 Å². The fourth-order valence-electron chi connectivity index (χ4n) is 1.44. The lowest BCUT2D eigenvalue weighted by atomic mass is 10.3. The number of nitro benzene ring substituents is 1. The van der Waals surface area contributed by atoms with Crippen molar-refractivity contribution in [3.63, 3.8) is 0 Å². The van der Waals surface area contributed by atoms with Crippen LogP contribution in [0.2, 0.25) is 0 Å². The van der Waals surface area contributed by atoms with Crippen molar-refractivity contribution in [2.75, 3.05) is 0 Å². The van der Waals surface area contributed by atoms with E-state index in [1.165, 1.54) is 24.3 Å². The zero-order chi connectivity index (χ0) is 14.0. The maximum atomic E-state index is 13.4. The van der Waals surface area contributed by atoms with Crippen LogP contribution in [-0.4, -0.2) is 10.0 Å². The van der Waals surface area contributed by atoms with Gasteiger partial charge in [-0.2, -0.15) is 4.39 Å². The summed E-state index contributed by atoms with van der Waals surface area (Å²) < 4.78 is 26.5. The summed E-state index contributed by atoms with van der Waals surface area (Å²) in [5.41, 5.74) is -0.764. The summed E-state index contributed by atoms with van der Waals surface area (Å²) in [6.07, 6.45) is 0. The van der Waals surface area contributed by atoms with Crippen molar-refractivity contribution in [2.24, 2.45) is 0 Å². The standard InChI is InChI=1S/C12H7F2NO3S/c13-7-5-10(14)12(15(17)18)11(6-7)19-9-3-1-8(16)2-4-9/h1-6,16H. The second kappa shape index (κ2) is 5.23. The molecule has 0 aliphatic carbocycles. The van der Waals surface area contributed by atoms with E-state index >= 15 is 0 Å². The highest BCUT2D eigenvalue weighted by Crippen LogP contribution is 2.37. The molecule has 2 rings (SSSR count). The number of benzene rings is 2.